The number of carbonyl (C=O) groups excluding carboxylic acids is 1. The van der Waals surface area contributed by atoms with Crippen LogP contribution in [0.1, 0.15) is 6.42 Å². The van der Waals surface area contributed by atoms with Gasteiger partial charge in [-0.15, -0.1) is 0 Å². The second-order valence-electron chi connectivity index (χ2n) is 5.00. The van der Waals surface area contributed by atoms with Gasteiger partial charge in [-0.1, -0.05) is 6.07 Å². The number of morpholine rings is 1. The van der Waals surface area contributed by atoms with Gasteiger partial charge in [0, 0.05) is 42.8 Å². The Hall–Kier alpha value is -2.18. The largest absolute Gasteiger partial charge is 0.378 e. The lowest BCUT2D eigenvalue weighted by atomic mass is 10.2. The highest BCUT2D eigenvalue weighted by Crippen LogP contribution is 2.15. The van der Waals surface area contributed by atoms with Crippen molar-refractivity contribution in [2.75, 3.05) is 25.1 Å². The smallest absolute Gasteiger partial charge is 0.226 e. The van der Waals surface area contributed by atoms with Crippen LogP contribution in [0.2, 0.25) is 0 Å². The first kappa shape index (κ1) is 13.8. The van der Waals surface area contributed by atoms with E-state index in [1.165, 1.54) is 0 Å². The van der Waals surface area contributed by atoms with E-state index >= 15 is 0 Å². The molecule has 0 aliphatic carbocycles. The number of amides is 1. The third kappa shape index (κ3) is 3.68. The highest BCUT2D eigenvalue weighted by molar-refractivity contribution is 5.91. The number of anilines is 1. The molecule has 1 fully saturated rings. The van der Waals surface area contributed by atoms with Crippen molar-refractivity contribution in [3.05, 3.63) is 43.0 Å². The van der Waals surface area contributed by atoms with Gasteiger partial charge in [0.25, 0.3) is 0 Å². The Morgan fingerprint density at radius 2 is 2.48 bits per heavy atom. The minimum Gasteiger partial charge on any atom is -0.378 e. The molecule has 2 aromatic rings. The molecule has 2 N–H and O–H groups in total. The fourth-order valence-corrected chi connectivity index (χ4v) is 2.34. The Morgan fingerprint density at radius 1 is 1.52 bits per heavy atom. The molecule has 2 heterocycles. The molecule has 0 spiro atoms. The molecule has 0 radical (unpaired) electrons. The van der Waals surface area contributed by atoms with E-state index < -0.39 is 0 Å². The number of rotatable bonds is 4. The van der Waals surface area contributed by atoms with Crippen molar-refractivity contribution in [2.24, 2.45) is 0 Å². The summed E-state index contributed by atoms with van der Waals surface area (Å²) in [6.45, 7) is 2.10. The van der Waals surface area contributed by atoms with Gasteiger partial charge in [0.2, 0.25) is 5.91 Å². The number of benzene rings is 1. The highest BCUT2D eigenvalue weighted by Gasteiger charge is 2.16. The average Bonchev–Trinajstić information content (AvgIpc) is 3.02. The lowest BCUT2D eigenvalue weighted by Gasteiger charge is -2.23. The third-order valence-electron chi connectivity index (χ3n) is 3.36. The number of hydrogen-bond acceptors (Lipinski definition) is 4. The van der Waals surface area contributed by atoms with E-state index in [1.807, 2.05) is 35.0 Å². The minimum absolute atomic E-state index is 0.0132. The van der Waals surface area contributed by atoms with Gasteiger partial charge < -0.3 is 19.9 Å². The maximum atomic E-state index is 12.1. The van der Waals surface area contributed by atoms with E-state index in [-0.39, 0.29) is 11.9 Å². The molecule has 6 nitrogen and oxygen atoms in total. The van der Waals surface area contributed by atoms with E-state index in [0.717, 1.165) is 17.9 Å². The summed E-state index contributed by atoms with van der Waals surface area (Å²) in [5, 5.41) is 6.19. The van der Waals surface area contributed by atoms with Gasteiger partial charge >= 0.3 is 0 Å². The zero-order valence-electron chi connectivity index (χ0n) is 11.7. The number of aromatic nitrogens is 2. The molecule has 6 heteroatoms. The first-order valence-electron chi connectivity index (χ1n) is 7.00. The maximum absolute atomic E-state index is 12.1. The van der Waals surface area contributed by atoms with Crippen LogP contribution < -0.4 is 10.6 Å². The molecule has 1 unspecified atom stereocenters. The monoisotopic (exact) mass is 286 g/mol. The van der Waals surface area contributed by atoms with Gasteiger partial charge in [-0.2, -0.15) is 0 Å². The van der Waals surface area contributed by atoms with Crippen LogP contribution in [-0.4, -0.2) is 41.3 Å². The normalized spacial score (nSPS) is 18.4. The molecule has 1 saturated heterocycles. The van der Waals surface area contributed by atoms with Gasteiger partial charge in [-0.25, -0.2) is 4.98 Å². The fraction of sp³-hybridized carbons (Fsp3) is 0.333. The number of carbonyl (C=O) groups is 1. The summed E-state index contributed by atoms with van der Waals surface area (Å²) in [4.78, 5) is 16.1. The summed E-state index contributed by atoms with van der Waals surface area (Å²) in [6.07, 6.45) is 5.73. The molecule has 1 amide bonds. The maximum Gasteiger partial charge on any atom is 0.226 e. The number of imidazole rings is 1. The zero-order valence-corrected chi connectivity index (χ0v) is 11.7. The number of hydrogen-bond donors (Lipinski definition) is 2. The summed E-state index contributed by atoms with van der Waals surface area (Å²) in [7, 11) is 0. The van der Waals surface area contributed by atoms with Crippen molar-refractivity contribution in [3.63, 3.8) is 0 Å². The Morgan fingerprint density at radius 3 is 3.24 bits per heavy atom. The van der Waals surface area contributed by atoms with E-state index in [2.05, 4.69) is 15.6 Å². The van der Waals surface area contributed by atoms with Crippen LogP contribution in [0.15, 0.2) is 43.0 Å². The van der Waals surface area contributed by atoms with Crippen molar-refractivity contribution < 1.29 is 9.53 Å². The molecule has 1 aromatic heterocycles. The summed E-state index contributed by atoms with van der Waals surface area (Å²) < 4.78 is 7.24. The molecule has 21 heavy (non-hydrogen) atoms. The van der Waals surface area contributed by atoms with Crippen LogP contribution in [0, 0.1) is 0 Å². The van der Waals surface area contributed by atoms with Crippen LogP contribution in [-0.2, 0) is 9.53 Å². The Kier molecular flexibility index (Phi) is 4.28. The average molecular weight is 286 g/mol. The first-order chi connectivity index (χ1) is 10.3. The van der Waals surface area contributed by atoms with Gasteiger partial charge in [0.15, 0.2) is 0 Å². The van der Waals surface area contributed by atoms with Crippen molar-refractivity contribution in [1.82, 2.24) is 14.9 Å². The lowest BCUT2D eigenvalue weighted by molar-refractivity contribution is -0.117. The van der Waals surface area contributed by atoms with Crippen molar-refractivity contribution in [1.29, 1.82) is 0 Å². The molecular formula is C15H18N4O2. The topological polar surface area (TPSA) is 68.2 Å². The van der Waals surface area contributed by atoms with Crippen LogP contribution in [0.3, 0.4) is 0 Å². The highest BCUT2D eigenvalue weighted by atomic mass is 16.5. The Balaban J connectivity index is 1.62. The van der Waals surface area contributed by atoms with Crippen LogP contribution in [0.5, 0.6) is 0 Å². The van der Waals surface area contributed by atoms with E-state index in [1.54, 1.807) is 12.5 Å². The Labute approximate surface area is 123 Å². The van der Waals surface area contributed by atoms with E-state index in [9.17, 15) is 4.79 Å². The van der Waals surface area contributed by atoms with Crippen LogP contribution in [0.4, 0.5) is 5.69 Å². The molecule has 110 valence electrons. The van der Waals surface area contributed by atoms with Gasteiger partial charge in [-0.3, -0.25) is 4.79 Å². The third-order valence-corrected chi connectivity index (χ3v) is 3.36. The SMILES string of the molecule is O=C(CC1COCCN1)Nc1cccc(-n2ccnc2)c1. The minimum atomic E-state index is -0.0132. The summed E-state index contributed by atoms with van der Waals surface area (Å²) >= 11 is 0. The van der Waals surface area contributed by atoms with Gasteiger partial charge in [0.1, 0.15) is 0 Å². The molecule has 0 saturated carbocycles. The fourth-order valence-electron chi connectivity index (χ4n) is 2.34. The molecular weight excluding hydrogens is 268 g/mol. The van der Waals surface area contributed by atoms with Crippen molar-refractivity contribution in [2.45, 2.75) is 12.5 Å². The van der Waals surface area contributed by atoms with E-state index in [0.29, 0.717) is 19.6 Å². The van der Waals surface area contributed by atoms with E-state index in [4.69, 9.17) is 4.74 Å². The number of nitrogens with zero attached hydrogens (tertiary/aromatic N) is 2. The van der Waals surface area contributed by atoms with Crippen molar-refractivity contribution >= 4 is 11.6 Å². The standard InChI is InChI=1S/C15H18N4O2/c20-15(9-13-10-21-7-5-17-13)18-12-2-1-3-14(8-12)19-6-4-16-11-19/h1-4,6,8,11,13,17H,5,7,9-10H2,(H,18,20). The second-order valence-corrected chi connectivity index (χ2v) is 5.00. The van der Waals surface area contributed by atoms with Gasteiger partial charge in [-0.05, 0) is 18.2 Å². The molecule has 1 aliphatic rings. The zero-order chi connectivity index (χ0) is 14.5. The first-order valence-corrected chi connectivity index (χ1v) is 7.00. The quantitative estimate of drug-likeness (QED) is 0.886. The molecule has 1 atom stereocenters. The lowest BCUT2D eigenvalue weighted by Crippen LogP contribution is -2.43. The molecule has 1 aromatic carbocycles. The summed E-state index contributed by atoms with van der Waals surface area (Å²) in [5.41, 5.74) is 1.74. The number of nitrogens with one attached hydrogen (secondary N) is 2. The molecule has 0 bridgehead atoms. The molecule has 3 rings (SSSR count). The number of ether oxygens (including phenoxy) is 1. The molecule has 1 aliphatic heterocycles. The Bertz CT molecular complexity index is 591. The van der Waals surface area contributed by atoms with Crippen LogP contribution >= 0.6 is 0 Å². The van der Waals surface area contributed by atoms with Crippen molar-refractivity contribution in [3.8, 4) is 5.69 Å². The second kappa shape index (κ2) is 6.51. The summed E-state index contributed by atoms with van der Waals surface area (Å²) in [5.74, 6) is -0.0132. The summed E-state index contributed by atoms with van der Waals surface area (Å²) in [6, 6.07) is 7.77. The van der Waals surface area contributed by atoms with Crippen LogP contribution in [0.25, 0.3) is 5.69 Å². The van der Waals surface area contributed by atoms with Gasteiger partial charge in [0.05, 0.1) is 19.5 Å². The predicted molar refractivity (Wildman–Crippen MR) is 79.4 cm³/mol. The predicted octanol–water partition coefficient (Wildman–Crippen LogP) is 1.19.